The summed E-state index contributed by atoms with van der Waals surface area (Å²) in [5, 5.41) is 6.55. The van der Waals surface area contributed by atoms with Gasteiger partial charge in [0.05, 0.1) is 18.7 Å². The number of benzene rings is 1. The van der Waals surface area contributed by atoms with Crippen LogP contribution in [0.25, 0.3) is 0 Å². The molecule has 0 atom stereocenters. The number of likely N-dealkylation sites (N-methyl/N-ethyl adjacent to an activating group) is 1. The van der Waals surface area contributed by atoms with E-state index in [1.165, 1.54) is 16.2 Å². The summed E-state index contributed by atoms with van der Waals surface area (Å²) in [5.41, 5.74) is 2.80. The predicted molar refractivity (Wildman–Crippen MR) is 128 cm³/mol. The zero-order chi connectivity index (χ0) is 22.9. The fourth-order valence-electron chi connectivity index (χ4n) is 3.77. The topological polar surface area (TPSA) is 79.9 Å². The molecule has 0 radical (unpaired) electrons. The molecule has 1 aliphatic carbocycles. The summed E-state index contributed by atoms with van der Waals surface area (Å²) in [6.07, 6.45) is 4.03. The van der Waals surface area contributed by atoms with E-state index < -0.39 is 0 Å². The first-order valence-corrected chi connectivity index (χ1v) is 11.9. The Kier molecular flexibility index (Phi) is 9.08. The molecule has 0 bridgehead atoms. The highest BCUT2D eigenvalue weighted by atomic mass is 32.1. The van der Waals surface area contributed by atoms with Crippen LogP contribution in [-0.2, 0) is 22.4 Å². The van der Waals surface area contributed by atoms with Crippen LogP contribution in [-0.4, -0.2) is 63.7 Å². The standard InChI is InChI=1S/C24H33N3O4S/c1-17-8-4-6-10-19(17)31-15-13-27(2)16-21(28)26-24-22(23(29)25-12-14-30-3)18-9-5-7-11-20(18)32-24/h4,6,8,10H,5,7,9,11-16H2,1-3H3,(H,25,29)(H,26,28). The van der Waals surface area contributed by atoms with Crippen LogP contribution in [0, 0.1) is 6.92 Å². The highest BCUT2D eigenvalue weighted by Gasteiger charge is 2.26. The average Bonchev–Trinajstić information content (AvgIpc) is 3.12. The molecule has 1 heterocycles. The van der Waals surface area contributed by atoms with Crippen LogP contribution in [0.3, 0.4) is 0 Å². The Labute approximate surface area is 194 Å². The number of hydrogen-bond acceptors (Lipinski definition) is 6. The Morgan fingerprint density at radius 2 is 1.94 bits per heavy atom. The molecule has 2 aromatic rings. The smallest absolute Gasteiger partial charge is 0.254 e. The number of nitrogens with one attached hydrogen (secondary N) is 2. The van der Waals surface area contributed by atoms with Crippen LogP contribution in [0.2, 0.25) is 0 Å². The van der Waals surface area contributed by atoms with Gasteiger partial charge in [-0.3, -0.25) is 14.5 Å². The number of hydrogen-bond donors (Lipinski definition) is 2. The summed E-state index contributed by atoms with van der Waals surface area (Å²) in [4.78, 5) is 28.7. The molecule has 0 spiro atoms. The van der Waals surface area contributed by atoms with Gasteiger partial charge in [-0.15, -0.1) is 11.3 Å². The van der Waals surface area contributed by atoms with Gasteiger partial charge in [-0.1, -0.05) is 18.2 Å². The van der Waals surface area contributed by atoms with Gasteiger partial charge < -0.3 is 20.1 Å². The van der Waals surface area contributed by atoms with Gasteiger partial charge in [0.2, 0.25) is 5.91 Å². The molecule has 0 unspecified atom stereocenters. The summed E-state index contributed by atoms with van der Waals surface area (Å²) in [6, 6.07) is 7.88. The van der Waals surface area contributed by atoms with Crippen molar-refractivity contribution in [3.8, 4) is 5.75 Å². The highest BCUT2D eigenvalue weighted by Crippen LogP contribution is 2.38. The summed E-state index contributed by atoms with van der Waals surface area (Å²) in [5.74, 6) is 0.586. The average molecular weight is 460 g/mol. The van der Waals surface area contributed by atoms with Crippen molar-refractivity contribution in [1.29, 1.82) is 0 Å². The Hall–Kier alpha value is -2.42. The van der Waals surface area contributed by atoms with E-state index in [2.05, 4.69) is 10.6 Å². The number of methoxy groups -OCH3 is 1. The van der Waals surface area contributed by atoms with Crippen molar-refractivity contribution in [2.75, 3.05) is 52.3 Å². The lowest BCUT2D eigenvalue weighted by Gasteiger charge is -2.17. The highest BCUT2D eigenvalue weighted by molar-refractivity contribution is 7.17. The second-order valence-corrected chi connectivity index (χ2v) is 9.17. The summed E-state index contributed by atoms with van der Waals surface area (Å²) < 4.78 is 10.9. The summed E-state index contributed by atoms with van der Waals surface area (Å²) in [6.45, 7) is 4.24. The minimum atomic E-state index is -0.142. The molecule has 1 aliphatic rings. The van der Waals surface area contributed by atoms with Crippen LogP contribution in [0.15, 0.2) is 24.3 Å². The second kappa shape index (κ2) is 12.0. The maximum atomic E-state index is 12.8. The van der Waals surface area contributed by atoms with Crippen molar-refractivity contribution >= 4 is 28.2 Å². The first kappa shape index (κ1) is 24.2. The molecule has 174 valence electrons. The Bertz CT molecular complexity index is 928. The normalized spacial score (nSPS) is 13.0. The van der Waals surface area contributed by atoms with Crippen LogP contribution in [0.5, 0.6) is 5.75 Å². The van der Waals surface area contributed by atoms with Gasteiger partial charge in [0.25, 0.3) is 5.91 Å². The number of amides is 2. The molecule has 0 fully saturated rings. The molecule has 0 saturated carbocycles. The molecule has 1 aromatic carbocycles. The molecule has 32 heavy (non-hydrogen) atoms. The quantitative estimate of drug-likeness (QED) is 0.504. The molecule has 2 N–H and O–H groups in total. The van der Waals surface area contributed by atoms with Crippen LogP contribution < -0.4 is 15.4 Å². The molecule has 0 saturated heterocycles. The van der Waals surface area contributed by atoms with E-state index in [0.29, 0.717) is 36.9 Å². The van der Waals surface area contributed by atoms with Crippen LogP contribution in [0.1, 0.15) is 39.2 Å². The third-order valence-corrected chi connectivity index (χ3v) is 6.69. The Morgan fingerprint density at radius 3 is 2.72 bits per heavy atom. The maximum absolute atomic E-state index is 12.8. The zero-order valence-electron chi connectivity index (χ0n) is 19.2. The first-order chi connectivity index (χ1) is 15.5. The van der Waals surface area contributed by atoms with Gasteiger partial charge in [-0.2, -0.15) is 0 Å². The van der Waals surface area contributed by atoms with E-state index in [0.717, 1.165) is 42.6 Å². The van der Waals surface area contributed by atoms with Crippen molar-refractivity contribution in [2.24, 2.45) is 0 Å². The number of nitrogens with zero attached hydrogens (tertiary/aromatic N) is 1. The molecule has 1 aromatic heterocycles. The summed E-state index contributed by atoms with van der Waals surface area (Å²) >= 11 is 1.53. The number of carbonyl (C=O) groups excluding carboxylic acids is 2. The van der Waals surface area contributed by atoms with Crippen LogP contribution in [0.4, 0.5) is 5.00 Å². The van der Waals surface area contributed by atoms with Crippen molar-refractivity contribution in [3.05, 3.63) is 45.8 Å². The van der Waals surface area contributed by atoms with Crippen molar-refractivity contribution < 1.29 is 19.1 Å². The van der Waals surface area contributed by atoms with Gasteiger partial charge in [-0.25, -0.2) is 0 Å². The molecular weight excluding hydrogens is 426 g/mol. The molecule has 3 rings (SSSR count). The predicted octanol–water partition coefficient (Wildman–Crippen LogP) is 3.26. The largest absolute Gasteiger partial charge is 0.492 e. The summed E-state index contributed by atoms with van der Waals surface area (Å²) in [7, 11) is 3.49. The lowest BCUT2D eigenvalue weighted by molar-refractivity contribution is -0.117. The molecular formula is C24H33N3O4S. The fourth-order valence-corrected chi connectivity index (χ4v) is 5.07. The van der Waals surface area contributed by atoms with Gasteiger partial charge in [0.1, 0.15) is 17.4 Å². The van der Waals surface area contributed by atoms with E-state index in [1.807, 2.05) is 43.1 Å². The fraction of sp³-hybridized carbons (Fsp3) is 0.500. The van der Waals surface area contributed by atoms with Gasteiger partial charge in [0, 0.05) is 25.1 Å². The minimum Gasteiger partial charge on any atom is -0.492 e. The van der Waals surface area contributed by atoms with Crippen molar-refractivity contribution in [1.82, 2.24) is 10.2 Å². The molecule has 0 aliphatic heterocycles. The minimum absolute atomic E-state index is 0.132. The maximum Gasteiger partial charge on any atom is 0.254 e. The molecule has 2 amide bonds. The van der Waals surface area contributed by atoms with Crippen molar-refractivity contribution in [3.63, 3.8) is 0 Å². The molecule has 7 nitrogen and oxygen atoms in total. The van der Waals surface area contributed by atoms with Crippen molar-refractivity contribution in [2.45, 2.75) is 32.6 Å². The lowest BCUT2D eigenvalue weighted by atomic mass is 9.95. The number of aryl methyl sites for hydroxylation is 2. The third-order valence-electron chi connectivity index (χ3n) is 5.48. The SMILES string of the molecule is COCCNC(=O)c1c(NC(=O)CN(C)CCOc2ccccc2C)sc2c1CCCC2. The number of ether oxygens (including phenoxy) is 2. The van der Waals surface area contributed by atoms with Gasteiger partial charge in [0.15, 0.2) is 0 Å². The number of thiophene rings is 1. The number of para-hydroxylation sites is 1. The first-order valence-electron chi connectivity index (χ1n) is 11.1. The Morgan fingerprint density at radius 1 is 1.16 bits per heavy atom. The number of carbonyl (C=O) groups is 2. The van der Waals surface area contributed by atoms with E-state index in [1.54, 1.807) is 7.11 Å². The van der Waals surface area contributed by atoms with Gasteiger partial charge in [-0.05, 0) is 56.8 Å². The third kappa shape index (κ3) is 6.54. The monoisotopic (exact) mass is 459 g/mol. The number of rotatable bonds is 11. The number of anilines is 1. The van der Waals surface area contributed by atoms with Crippen LogP contribution >= 0.6 is 11.3 Å². The number of fused-ring (bicyclic) bond motifs is 1. The molecule has 8 heteroatoms. The van der Waals surface area contributed by atoms with Gasteiger partial charge >= 0.3 is 0 Å². The zero-order valence-corrected chi connectivity index (χ0v) is 20.0. The van der Waals surface area contributed by atoms with E-state index in [9.17, 15) is 9.59 Å². The van der Waals surface area contributed by atoms with E-state index in [4.69, 9.17) is 9.47 Å². The second-order valence-electron chi connectivity index (χ2n) is 8.06. The van der Waals surface area contributed by atoms with E-state index >= 15 is 0 Å². The van der Waals surface area contributed by atoms with E-state index in [-0.39, 0.29) is 18.4 Å². The Balaban J connectivity index is 1.57. The lowest BCUT2D eigenvalue weighted by Crippen LogP contribution is -2.33.